The van der Waals surface area contributed by atoms with Gasteiger partial charge < -0.3 is 4.74 Å². The minimum atomic E-state index is -0.107. The summed E-state index contributed by atoms with van der Waals surface area (Å²) in [5.41, 5.74) is 0.908. The van der Waals surface area contributed by atoms with Crippen LogP contribution in [0.25, 0.3) is 0 Å². The van der Waals surface area contributed by atoms with Crippen molar-refractivity contribution in [1.82, 2.24) is 20.3 Å². The van der Waals surface area contributed by atoms with Gasteiger partial charge >= 0.3 is 5.97 Å². The first-order valence-electron chi connectivity index (χ1n) is 5.44. The van der Waals surface area contributed by atoms with Crippen LogP contribution in [0.15, 0.2) is 6.20 Å². The standard InChI is InChI=1S/C10H16N4O2/c1-16-10(15)8-3-2-4-14(6-8)7-9-5-11-13-12-9/h5,8H,2-4,6-7H2,1H3,(H,11,12,13)/t8-/m1/s1. The number of nitrogens with zero attached hydrogens (tertiary/aromatic N) is 3. The van der Waals surface area contributed by atoms with Crippen LogP contribution in [0.4, 0.5) is 0 Å². The highest BCUT2D eigenvalue weighted by Gasteiger charge is 2.26. The fraction of sp³-hybridized carbons (Fsp3) is 0.700. The van der Waals surface area contributed by atoms with Crippen LogP contribution >= 0.6 is 0 Å². The number of hydrogen-bond donors (Lipinski definition) is 1. The van der Waals surface area contributed by atoms with Gasteiger partial charge in [-0.15, -0.1) is 0 Å². The minimum absolute atomic E-state index is 0.00523. The van der Waals surface area contributed by atoms with Crippen molar-refractivity contribution in [3.8, 4) is 0 Å². The van der Waals surface area contributed by atoms with Crippen LogP contribution in [-0.4, -0.2) is 46.5 Å². The quantitative estimate of drug-likeness (QED) is 0.742. The van der Waals surface area contributed by atoms with E-state index in [4.69, 9.17) is 4.74 Å². The second kappa shape index (κ2) is 5.07. The van der Waals surface area contributed by atoms with E-state index in [1.54, 1.807) is 6.20 Å². The van der Waals surface area contributed by atoms with Crippen LogP contribution in [0, 0.1) is 5.92 Å². The van der Waals surface area contributed by atoms with Crippen molar-refractivity contribution in [2.45, 2.75) is 19.4 Å². The van der Waals surface area contributed by atoms with E-state index in [0.29, 0.717) is 0 Å². The average molecular weight is 224 g/mol. The SMILES string of the molecule is COC(=O)[C@@H]1CCCN(Cc2cn[nH]n2)C1. The van der Waals surface area contributed by atoms with Gasteiger partial charge in [0.25, 0.3) is 0 Å². The zero-order valence-electron chi connectivity index (χ0n) is 9.35. The second-order valence-electron chi connectivity index (χ2n) is 4.06. The van der Waals surface area contributed by atoms with Crippen LogP contribution in [-0.2, 0) is 16.1 Å². The van der Waals surface area contributed by atoms with Crippen molar-refractivity contribution < 1.29 is 9.53 Å². The number of likely N-dealkylation sites (tertiary alicyclic amines) is 1. The number of ether oxygens (including phenoxy) is 1. The molecule has 1 aliphatic rings. The van der Waals surface area contributed by atoms with E-state index < -0.39 is 0 Å². The van der Waals surface area contributed by atoms with E-state index in [1.165, 1.54) is 7.11 Å². The van der Waals surface area contributed by atoms with Gasteiger partial charge in [-0.25, -0.2) is 0 Å². The Bertz CT molecular complexity index is 339. The molecule has 0 bridgehead atoms. The summed E-state index contributed by atoms with van der Waals surface area (Å²) in [5.74, 6) is -0.101. The Morgan fingerprint density at radius 3 is 3.31 bits per heavy atom. The van der Waals surface area contributed by atoms with Gasteiger partial charge in [0.1, 0.15) is 0 Å². The maximum absolute atomic E-state index is 11.4. The average Bonchev–Trinajstić information content (AvgIpc) is 2.81. The molecule has 0 aromatic carbocycles. The molecular formula is C10H16N4O2. The third-order valence-electron chi connectivity index (χ3n) is 2.89. The molecule has 2 rings (SSSR count). The lowest BCUT2D eigenvalue weighted by Crippen LogP contribution is -2.38. The molecule has 6 heteroatoms. The first-order chi connectivity index (χ1) is 7.79. The number of H-pyrrole nitrogens is 1. The third kappa shape index (κ3) is 2.57. The van der Waals surface area contributed by atoms with Crippen molar-refractivity contribution in [3.63, 3.8) is 0 Å². The van der Waals surface area contributed by atoms with Crippen LogP contribution in [0.1, 0.15) is 18.5 Å². The van der Waals surface area contributed by atoms with Crippen LogP contribution in [0.5, 0.6) is 0 Å². The Balaban J connectivity index is 1.89. The summed E-state index contributed by atoms with van der Waals surface area (Å²) in [6.07, 6.45) is 3.65. The lowest BCUT2D eigenvalue weighted by molar-refractivity contribution is -0.147. The van der Waals surface area contributed by atoms with Gasteiger partial charge in [0.05, 0.1) is 24.9 Å². The molecule has 88 valence electrons. The van der Waals surface area contributed by atoms with Crippen LogP contribution < -0.4 is 0 Å². The highest BCUT2D eigenvalue weighted by atomic mass is 16.5. The predicted molar refractivity (Wildman–Crippen MR) is 56.4 cm³/mol. The maximum Gasteiger partial charge on any atom is 0.309 e. The minimum Gasteiger partial charge on any atom is -0.469 e. The summed E-state index contributed by atoms with van der Waals surface area (Å²) in [6, 6.07) is 0. The number of piperidine rings is 1. The number of methoxy groups -OCH3 is 1. The molecular weight excluding hydrogens is 208 g/mol. The highest BCUT2D eigenvalue weighted by molar-refractivity contribution is 5.72. The molecule has 1 aromatic rings. The molecule has 16 heavy (non-hydrogen) atoms. The Labute approximate surface area is 94.0 Å². The Morgan fingerprint density at radius 2 is 2.62 bits per heavy atom. The van der Waals surface area contributed by atoms with E-state index in [9.17, 15) is 4.79 Å². The number of hydrogen-bond acceptors (Lipinski definition) is 5. The summed E-state index contributed by atoms with van der Waals surface area (Å²) >= 11 is 0. The van der Waals surface area contributed by atoms with Gasteiger partial charge in [-0.1, -0.05) is 0 Å². The molecule has 1 aliphatic heterocycles. The fourth-order valence-electron chi connectivity index (χ4n) is 2.09. The van der Waals surface area contributed by atoms with Crippen molar-refractivity contribution >= 4 is 5.97 Å². The van der Waals surface area contributed by atoms with Crippen molar-refractivity contribution in [3.05, 3.63) is 11.9 Å². The smallest absolute Gasteiger partial charge is 0.309 e. The number of carbonyl (C=O) groups excluding carboxylic acids is 1. The summed E-state index contributed by atoms with van der Waals surface area (Å²) in [4.78, 5) is 13.6. The van der Waals surface area contributed by atoms with E-state index in [0.717, 1.165) is 38.2 Å². The number of rotatable bonds is 3. The van der Waals surface area contributed by atoms with E-state index >= 15 is 0 Å². The van der Waals surface area contributed by atoms with Crippen LogP contribution in [0.3, 0.4) is 0 Å². The van der Waals surface area contributed by atoms with Gasteiger partial charge in [0.2, 0.25) is 0 Å². The van der Waals surface area contributed by atoms with E-state index in [1.807, 2.05) is 0 Å². The van der Waals surface area contributed by atoms with Gasteiger partial charge in [-0.05, 0) is 19.4 Å². The molecule has 0 aliphatic carbocycles. The Hall–Kier alpha value is -1.43. The molecule has 0 unspecified atom stereocenters. The number of nitrogens with one attached hydrogen (secondary N) is 1. The number of esters is 1. The van der Waals surface area contributed by atoms with Gasteiger partial charge in [0.15, 0.2) is 0 Å². The summed E-state index contributed by atoms with van der Waals surface area (Å²) in [6.45, 7) is 2.49. The summed E-state index contributed by atoms with van der Waals surface area (Å²) in [5, 5.41) is 10.4. The van der Waals surface area contributed by atoms with Gasteiger partial charge in [-0.2, -0.15) is 15.4 Å². The molecule has 1 saturated heterocycles. The summed E-state index contributed by atoms with van der Waals surface area (Å²) in [7, 11) is 1.44. The molecule has 1 atom stereocenters. The molecule has 1 N–H and O–H groups in total. The molecule has 0 saturated carbocycles. The predicted octanol–water partition coefficient (Wildman–Crippen LogP) is 0.190. The molecule has 0 amide bonds. The highest BCUT2D eigenvalue weighted by Crippen LogP contribution is 2.18. The number of aromatic amines is 1. The monoisotopic (exact) mass is 224 g/mol. The first-order valence-corrected chi connectivity index (χ1v) is 5.44. The van der Waals surface area contributed by atoms with E-state index in [2.05, 4.69) is 20.3 Å². The zero-order chi connectivity index (χ0) is 11.4. The van der Waals surface area contributed by atoms with Gasteiger partial charge in [0, 0.05) is 13.1 Å². The number of aromatic nitrogens is 3. The number of carbonyl (C=O) groups is 1. The maximum atomic E-state index is 11.4. The lowest BCUT2D eigenvalue weighted by atomic mass is 9.98. The normalized spacial score (nSPS) is 21.9. The molecule has 6 nitrogen and oxygen atoms in total. The Kier molecular flexibility index (Phi) is 3.51. The largest absolute Gasteiger partial charge is 0.469 e. The fourth-order valence-corrected chi connectivity index (χ4v) is 2.09. The van der Waals surface area contributed by atoms with Crippen LogP contribution in [0.2, 0.25) is 0 Å². The molecule has 0 spiro atoms. The topological polar surface area (TPSA) is 71.1 Å². The molecule has 2 heterocycles. The Morgan fingerprint density at radius 1 is 1.75 bits per heavy atom. The second-order valence-corrected chi connectivity index (χ2v) is 4.06. The van der Waals surface area contributed by atoms with Gasteiger partial charge in [-0.3, -0.25) is 9.69 Å². The van der Waals surface area contributed by atoms with Crippen molar-refractivity contribution in [1.29, 1.82) is 0 Å². The van der Waals surface area contributed by atoms with Crippen molar-refractivity contribution in [2.75, 3.05) is 20.2 Å². The molecule has 0 radical (unpaired) electrons. The van der Waals surface area contributed by atoms with E-state index in [-0.39, 0.29) is 11.9 Å². The zero-order valence-corrected chi connectivity index (χ0v) is 9.35. The third-order valence-corrected chi connectivity index (χ3v) is 2.89. The van der Waals surface area contributed by atoms with Crippen molar-refractivity contribution in [2.24, 2.45) is 5.92 Å². The molecule has 1 aromatic heterocycles. The first kappa shape index (κ1) is 11.1. The molecule has 1 fully saturated rings. The summed E-state index contributed by atoms with van der Waals surface area (Å²) < 4.78 is 4.77. The lowest BCUT2D eigenvalue weighted by Gasteiger charge is -2.30.